The standard InChI is InChI=1S/C21H26N2O4/c1-14(2)21(25)22-12-20(24)23-8-9-27-19(13-23)17-5-4-16-11-18(26-3)7-6-15(16)10-17/h4-7,10-11,14,19H,8-9,12-13H2,1-3H3,(H,22,25)/t19-/m0/s1. The van der Waals surface area contributed by atoms with E-state index in [-0.39, 0.29) is 30.4 Å². The zero-order valence-corrected chi connectivity index (χ0v) is 16.0. The minimum absolute atomic E-state index is 0.0290. The van der Waals surface area contributed by atoms with Crippen LogP contribution in [0.1, 0.15) is 25.5 Å². The monoisotopic (exact) mass is 370 g/mol. The Morgan fingerprint density at radius 1 is 1.22 bits per heavy atom. The first-order valence-corrected chi connectivity index (χ1v) is 9.22. The van der Waals surface area contributed by atoms with E-state index in [1.54, 1.807) is 25.9 Å². The van der Waals surface area contributed by atoms with Crippen molar-refractivity contribution in [3.63, 3.8) is 0 Å². The highest BCUT2D eigenvalue weighted by atomic mass is 16.5. The molecule has 0 bridgehead atoms. The van der Waals surface area contributed by atoms with E-state index >= 15 is 0 Å². The van der Waals surface area contributed by atoms with E-state index < -0.39 is 0 Å². The summed E-state index contributed by atoms with van der Waals surface area (Å²) in [6, 6.07) is 12.1. The largest absolute Gasteiger partial charge is 0.497 e. The van der Waals surface area contributed by atoms with Crippen molar-refractivity contribution in [2.45, 2.75) is 20.0 Å². The highest BCUT2D eigenvalue weighted by molar-refractivity contribution is 5.86. The zero-order valence-electron chi connectivity index (χ0n) is 16.0. The first kappa shape index (κ1) is 19.2. The van der Waals surface area contributed by atoms with Gasteiger partial charge in [-0.1, -0.05) is 32.0 Å². The second kappa shape index (κ2) is 8.39. The zero-order chi connectivity index (χ0) is 19.4. The van der Waals surface area contributed by atoms with E-state index in [4.69, 9.17) is 9.47 Å². The normalized spacial score (nSPS) is 17.2. The molecular weight excluding hydrogens is 344 g/mol. The molecule has 1 N–H and O–H groups in total. The summed E-state index contributed by atoms with van der Waals surface area (Å²) in [6.07, 6.45) is -0.171. The summed E-state index contributed by atoms with van der Waals surface area (Å²) in [7, 11) is 1.65. The van der Waals surface area contributed by atoms with Crippen molar-refractivity contribution >= 4 is 22.6 Å². The Hall–Kier alpha value is -2.60. The van der Waals surface area contributed by atoms with Crippen molar-refractivity contribution < 1.29 is 19.1 Å². The third-order valence-electron chi connectivity index (χ3n) is 4.80. The fourth-order valence-corrected chi connectivity index (χ4v) is 3.13. The number of hydrogen-bond acceptors (Lipinski definition) is 4. The van der Waals surface area contributed by atoms with Gasteiger partial charge in [-0.25, -0.2) is 0 Å². The maximum Gasteiger partial charge on any atom is 0.242 e. The van der Waals surface area contributed by atoms with Crippen LogP contribution in [0.2, 0.25) is 0 Å². The topological polar surface area (TPSA) is 67.9 Å². The van der Waals surface area contributed by atoms with Crippen LogP contribution in [0.4, 0.5) is 0 Å². The molecule has 3 rings (SSSR count). The molecule has 2 aromatic rings. The lowest BCUT2D eigenvalue weighted by molar-refractivity contribution is -0.139. The minimum Gasteiger partial charge on any atom is -0.497 e. The smallest absolute Gasteiger partial charge is 0.242 e. The number of amides is 2. The fourth-order valence-electron chi connectivity index (χ4n) is 3.13. The summed E-state index contributed by atoms with van der Waals surface area (Å²) < 4.78 is 11.2. The van der Waals surface area contributed by atoms with Gasteiger partial charge >= 0.3 is 0 Å². The van der Waals surface area contributed by atoms with Gasteiger partial charge in [0.15, 0.2) is 0 Å². The van der Waals surface area contributed by atoms with Gasteiger partial charge in [0.2, 0.25) is 11.8 Å². The van der Waals surface area contributed by atoms with Crippen LogP contribution in [0.5, 0.6) is 5.75 Å². The summed E-state index contributed by atoms with van der Waals surface area (Å²) in [5.74, 6) is 0.497. The third kappa shape index (κ3) is 4.57. The van der Waals surface area contributed by atoms with Gasteiger partial charge in [0.1, 0.15) is 11.9 Å². The molecule has 144 valence electrons. The molecule has 27 heavy (non-hydrogen) atoms. The molecule has 1 fully saturated rings. The maximum absolute atomic E-state index is 12.4. The molecule has 6 heteroatoms. The van der Waals surface area contributed by atoms with Crippen LogP contribution in [0, 0.1) is 5.92 Å². The van der Waals surface area contributed by atoms with Gasteiger partial charge in [-0.05, 0) is 34.5 Å². The van der Waals surface area contributed by atoms with Crippen molar-refractivity contribution in [1.29, 1.82) is 0 Å². The van der Waals surface area contributed by atoms with Gasteiger partial charge in [-0.15, -0.1) is 0 Å². The number of carbonyl (C=O) groups is 2. The number of methoxy groups -OCH3 is 1. The second-order valence-corrected chi connectivity index (χ2v) is 7.04. The molecule has 2 aromatic carbocycles. The fraction of sp³-hybridized carbons (Fsp3) is 0.429. The number of nitrogens with one attached hydrogen (secondary N) is 1. The molecule has 1 saturated heterocycles. The van der Waals surface area contributed by atoms with Gasteiger partial charge in [0.25, 0.3) is 0 Å². The molecule has 0 radical (unpaired) electrons. The van der Waals surface area contributed by atoms with E-state index in [2.05, 4.69) is 11.4 Å². The summed E-state index contributed by atoms with van der Waals surface area (Å²) in [6.45, 7) is 5.14. The molecule has 1 aliphatic heterocycles. The summed E-state index contributed by atoms with van der Waals surface area (Å²) in [5, 5.41) is 4.88. The van der Waals surface area contributed by atoms with Gasteiger partial charge in [-0.3, -0.25) is 9.59 Å². The predicted molar refractivity (Wildman–Crippen MR) is 104 cm³/mol. The molecule has 0 aliphatic carbocycles. The number of benzene rings is 2. The molecular formula is C21H26N2O4. The Bertz CT molecular complexity index is 834. The Morgan fingerprint density at radius 2 is 1.96 bits per heavy atom. The number of fused-ring (bicyclic) bond motifs is 1. The highest BCUT2D eigenvalue weighted by Gasteiger charge is 2.25. The van der Waals surface area contributed by atoms with Crippen molar-refractivity contribution in [3.8, 4) is 5.75 Å². The van der Waals surface area contributed by atoms with Crippen molar-refractivity contribution in [2.75, 3.05) is 33.4 Å². The Morgan fingerprint density at radius 3 is 2.70 bits per heavy atom. The van der Waals surface area contributed by atoms with Crippen LogP contribution < -0.4 is 10.1 Å². The van der Waals surface area contributed by atoms with Gasteiger partial charge in [0.05, 0.1) is 26.8 Å². The molecule has 1 aliphatic rings. The van der Waals surface area contributed by atoms with Gasteiger partial charge in [0, 0.05) is 12.5 Å². The lowest BCUT2D eigenvalue weighted by atomic mass is 10.0. The number of morpholine rings is 1. The van der Waals surface area contributed by atoms with Crippen molar-refractivity contribution in [1.82, 2.24) is 10.2 Å². The number of hydrogen-bond donors (Lipinski definition) is 1. The highest BCUT2D eigenvalue weighted by Crippen LogP contribution is 2.27. The molecule has 0 aromatic heterocycles. The van der Waals surface area contributed by atoms with Crippen LogP contribution in [0.3, 0.4) is 0 Å². The average molecular weight is 370 g/mol. The Balaban J connectivity index is 1.67. The van der Waals surface area contributed by atoms with Crippen LogP contribution in [0.25, 0.3) is 10.8 Å². The molecule has 6 nitrogen and oxygen atoms in total. The predicted octanol–water partition coefficient (Wildman–Crippen LogP) is 2.52. The molecule has 1 heterocycles. The lowest BCUT2D eigenvalue weighted by Crippen LogP contribution is -2.47. The van der Waals surface area contributed by atoms with Crippen molar-refractivity contribution in [3.05, 3.63) is 42.0 Å². The van der Waals surface area contributed by atoms with E-state index in [9.17, 15) is 9.59 Å². The number of nitrogens with zero attached hydrogens (tertiary/aromatic N) is 1. The summed E-state index contributed by atoms with van der Waals surface area (Å²) >= 11 is 0. The van der Waals surface area contributed by atoms with Gasteiger partial charge < -0.3 is 19.7 Å². The van der Waals surface area contributed by atoms with Gasteiger partial charge in [-0.2, -0.15) is 0 Å². The number of carbonyl (C=O) groups excluding carboxylic acids is 2. The molecule has 2 amide bonds. The first-order chi connectivity index (χ1) is 13.0. The van der Waals surface area contributed by atoms with Crippen LogP contribution in [0.15, 0.2) is 36.4 Å². The second-order valence-electron chi connectivity index (χ2n) is 7.04. The van der Waals surface area contributed by atoms with E-state index in [0.717, 1.165) is 22.1 Å². The van der Waals surface area contributed by atoms with Crippen molar-refractivity contribution in [2.24, 2.45) is 5.92 Å². The number of rotatable bonds is 5. The van der Waals surface area contributed by atoms with Crippen LogP contribution >= 0.6 is 0 Å². The first-order valence-electron chi connectivity index (χ1n) is 9.22. The maximum atomic E-state index is 12.4. The van der Waals surface area contributed by atoms with Crippen LogP contribution in [-0.4, -0.2) is 50.1 Å². The van der Waals surface area contributed by atoms with E-state index in [0.29, 0.717) is 19.7 Å². The Kier molecular flexibility index (Phi) is 5.96. The molecule has 0 unspecified atom stereocenters. The average Bonchev–Trinajstić information content (AvgIpc) is 2.70. The summed E-state index contributed by atoms with van der Waals surface area (Å²) in [4.78, 5) is 25.9. The SMILES string of the molecule is COc1ccc2cc([C@@H]3CN(C(=O)CNC(=O)C(C)C)CCO3)ccc2c1. The number of ether oxygens (including phenoxy) is 2. The molecule has 0 saturated carbocycles. The van der Waals surface area contributed by atoms with Crippen LogP contribution in [-0.2, 0) is 14.3 Å². The molecule has 1 atom stereocenters. The lowest BCUT2D eigenvalue weighted by Gasteiger charge is -2.33. The third-order valence-corrected chi connectivity index (χ3v) is 4.80. The molecule has 0 spiro atoms. The quantitative estimate of drug-likeness (QED) is 0.878. The summed E-state index contributed by atoms with van der Waals surface area (Å²) in [5.41, 5.74) is 1.04. The minimum atomic E-state index is -0.171. The van der Waals surface area contributed by atoms with E-state index in [1.165, 1.54) is 0 Å². The van der Waals surface area contributed by atoms with E-state index in [1.807, 2.05) is 30.3 Å². The Labute approximate surface area is 159 Å².